The zero-order valence-electron chi connectivity index (χ0n) is 20.4. The van der Waals surface area contributed by atoms with Gasteiger partial charge in [0.25, 0.3) is 5.91 Å². The second-order valence-electron chi connectivity index (χ2n) is 8.67. The summed E-state index contributed by atoms with van der Waals surface area (Å²) in [7, 11) is 2.98. The molecule has 4 rings (SSSR count). The lowest BCUT2D eigenvalue weighted by molar-refractivity contribution is -0.123. The summed E-state index contributed by atoms with van der Waals surface area (Å²) in [5, 5.41) is 13.0. The Morgan fingerprint density at radius 2 is 1.78 bits per heavy atom. The number of benzene rings is 2. The van der Waals surface area contributed by atoms with Gasteiger partial charge in [-0.3, -0.25) is 14.5 Å². The molecule has 2 amide bonds. The number of hydrogen-bond acceptors (Lipinski definition) is 7. The van der Waals surface area contributed by atoms with Gasteiger partial charge >= 0.3 is 0 Å². The van der Waals surface area contributed by atoms with Crippen LogP contribution in [0.5, 0.6) is 17.2 Å². The molecule has 0 saturated heterocycles. The number of hydrogen-bond donors (Lipinski definition) is 2. The standard InChI is InChI=1S/C26H27Cl2N3O5S/c1-35-18-12-13-19(20(14-18)36-2)31(26(34)22-21(27)24(28)37-30-22)23(15-8-10-17(32)11-9-15)25(33)29-16-6-4-3-5-7-16/h8-14,16,23,32H,3-7H2,1-2H3,(H,29,33)/t23-/m0/s1. The maximum Gasteiger partial charge on any atom is 0.280 e. The number of phenols is 1. The summed E-state index contributed by atoms with van der Waals surface area (Å²) in [6.45, 7) is 0. The average molecular weight is 564 g/mol. The van der Waals surface area contributed by atoms with Crippen molar-refractivity contribution in [3.8, 4) is 17.2 Å². The smallest absolute Gasteiger partial charge is 0.280 e. The number of amides is 2. The van der Waals surface area contributed by atoms with Crippen LogP contribution in [0.4, 0.5) is 5.69 Å². The number of anilines is 1. The Hall–Kier alpha value is -3.01. The lowest BCUT2D eigenvalue weighted by atomic mass is 9.94. The highest BCUT2D eigenvalue weighted by Gasteiger charge is 2.38. The number of halogens is 2. The molecule has 2 aromatic carbocycles. The van der Waals surface area contributed by atoms with Gasteiger partial charge in [0, 0.05) is 12.1 Å². The van der Waals surface area contributed by atoms with Crippen LogP contribution in [-0.4, -0.2) is 41.6 Å². The van der Waals surface area contributed by atoms with E-state index in [4.69, 9.17) is 32.7 Å². The fraction of sp³-hybridized carbons (Fsp3) is 0.346. The molecule has 1 heterocycles. The van der Waals surface area contributed by atoms with Crippen molar-refractivity contribution in [1.82, 2.24) is 9.69 Å². The van der Waals surface area contributed by atoms with Gasteiger partial charge in [0.05, 0.1) is 19.9 Å². The normalized spacial score (nSPS) is 14.6. The van der Waals surface area contributed by atoms with E-state index in [0.29, 0.717) is 22.7 Å². The summed E-state index contributed by atoms with van der Waals surface area (Å²) in [4.78, 5) is 29.3. The van der Waals surface area contributed by atoms with Crippen molar-refractivity contribution in [2.24, 2.45) is 0 Å². The predicted molar refractivity (Wildman–Crippen MR) is 144 cm³/mol. The number of phenolic OH excluding ortho intramolecular Hbond substituents is 1. The van der Waals surface area contributed by atoms with Crippen LogP contribution in [0.2, 0.25) is 9.36 Å². The molecule has 0 bridgehead atoms. The van der Waals surface area contributed by atoms with Crippen LogP contribution in [0, 0.1) is 0 Å². The molecule has 1 atom stereocenters. The van der Waals surface area contributed by atoms with E-state index in [9.17, 15) is 14.7 Å². The van der Waals surface area contributed by atoms with Gasteiger partial charge in [-0.1, -0.05) is 54.6 Å². The molecule has 1 aliphatic rings. The molecule has 0 radical (unpaired) electrons. The summed E-state index contributed by atoms with van der Waals surface area (Å²) in [5.74, 6) is -0.158. The van der Waals surface area contributed by atoms with Gasteiger partial charge in [0.2, 0.25) is 5.91 Å². The van der Waals surface area contributed by atoms with Crippen molar-refractivity contribution >= 4 is 52.2 Å². The van der Waals surface area contributed by atoms with Gasteiger partial charge in [0.1, 0.15) is 32.6 Å². The Kier molecular flexibility index (Phi) is 8.79. The Labute approximate surface area is 229 Å². The topological polar surface area (TPSA) is 101 Å². The zero-order valence-corrected chi connectivity index (χ0v) is 22.7. The minimum atomic E-state index is -1.13. The van der Waals surface area contributed by atoms with Crippen LogP contribution in [0.1, 0.15) is 54.2 Å². The molecule has 1 saturated carbocycles. The number of carbonyl (C=O) groups is 2. The third-order valence-electron chi connectivity index (χ3n) is 6.33. The third-order valence-corrected chi connectivity index (χ3v) is 7.94. The Balaban J connectivity index is 1.88. The molecule has 1 aliphatic carbocycles. The first kappa shape index (κ1) is 27.0. The van der Waals surface area contributed by atoms with Crippen molar-refractivity contribution in [1.29, 1.82) is 0 Å². The number of aromatic nitrogens is 1. The number of methoxy groups -OCH3 is 2. The minimum absolute atomic E-state index is 0.00582. The minimum Gasteiger partial charge on any atom is -0.508 e. The summed E-state index contributed by atoms with van der Waals surface area (Å²) in [6.07, 6.45) is 4.90. The quantitative estimate of drug-likeness (QED) is 0.348. The molecule has 2 N–H and O–H groups in total. The molecule has 0 spiro atoms. The fourth-order valence-corrected chi connectivity index (χ4v) is 5.44. The number of carbonyl (C=O) groups excluding carboxylic acids is 2. The lowest BCUT2D eigenvalue weighted by Gasteiger charge is -2.34. The highest BCUT2D eigenvalue weighted by molar-refractivity contribution is 7.11. The zero-order chi connectivity index (χ0) is 26.5. The van der Waals surface area contributed by atoms with Crippen LogP contribution in [-0.2, 0) is 4.79 Å². The maximum atomic E-state index is 14.1. The number of aromatic hydroxyl groups is 1. The largest absolute Gasteiger partial charge is 0.508 e. The molecule has 8 nitrogen and oxygen atoms in total. The Bertz CT molecular complexity index is 1260. The van der Waals surface area contributed by atoms with Crippen LogP contribution < -0.4 is 19.7 Å². The Morgan fingerprint density at radius 3 is 2.38 bits per heavy atom. The second-order valence-corrected chi connectivity index (χ2v) is 10.4. The van der Waals surface area contributed by atoms with E-state index in [1.807, 2.05) is 0 Å². The van der Waals surface area contributed by atoms with E-state index in [-0.39, 0.29) is 32.8 Å². The van der Waals surface area contributed by atoms with Gasteiger partial charge in [0.15, 0.2) is 5.69 Å². The molecular weight excluding hydrogens is 537 g/mol. The van der Waals surface area contributed by atoms with Gasteiger partial charge in [-0.25, -0.2) is 0 Å². The lowest BCUT2D eigenvalue weighted by Crippen LogP contribution is -2.47. The molecule has 1 aromatic heterocycles. The summed E-state index contributed by atoms with van der Waals surface area (Å²) in [5.41, 5.74) is 0.712. The monoisotopic (exact) mass is 563 g/mol. The van der Waals surface area contributed by atoms with Crippen molar-refractivity contribution < 1.29 is 24.2 Å². The van der Waals surface area contributed by atoms with E-state index in [2.05, 4.69) is 9.69 Å². The average Bonchev–Trinajstić information content (AvgIpc) is 3.25. The maximum absolute atomic E-state index is 14.1. The van der Waals surface area contributed by atoms with E-state index in [1.54, 1.807) is 30.3 Å². The van der Waals surface area contributed by atoms with E-state index in [1.165, 1.54) is 31.3 Å². The highest BCUT2D eigenvalue weighted by Crippen LogP contribution is 2.40. The molecule has 3 aromatic rings. The second kappa shape index (κ2) is 12.0. The first-order chi connectivity index (χ1) is 17.8. The SMILES string of the molecule is COc1ccc(N(C(=O)c2nsc(Cl)c2Cl)[C@H](C(=O)NC2CCCCC2)c2ccc(O)cc2)c(OC)c1. The molecular formula is C26H27Cl2N3O5S. The Morgan fingerprint density at radius 1 is 1.08 bits per heavy atom. The summed E-state index contributed by atoms with van der Waals surface area (Å²) < 4.78 is 15.3. The van der Waals surface area contributed by atoms with E-state index >= 15 is 0 Å². The molecule has 0 aliphatic heterocycles. The van der Waals surface area contributed by atoms with Crippen LogP contribution in [0.25, 0.3) is 0 Å². The molecule has 1 fully saturated rings. The first-order valence-electron chi connectivity index (χ1n) is 11.8. The third kappa shape index (κ3) is 5.95. The van der Waals surface area contributed by atoms with Gasteiger partial charge < -0.3 is 19.9 Å². The number of nitrogens with one attached hydrogen (secondary N) is 1. The summed E-state index contributed by atoms with van der Waals surface area (Å²) >= 11 is 13.4. The van der Waals surface area contributed by atoms with Gasteiger partial charge in [-0.2, -0.15) is 4.37 Å². The highest BCUT2D eigenvalue weighted by atomic mass is 35.5. The number of ether oxygens (including phenoxy) is 2. The van der Waals surface area contributed by atoms with Crippen molar-refractivity contribution in [2.45, 2.75) is 44.2 Å². The van der Waals surface area contributed by atoms with Crippen LogP contribution in [0.3, 0.4) is 0 Å². The van der Waals surface area contributed by atoms with Crippen molar-refractivity contribution in [2.75, 3.05) is 19.1 Å². The van der Waals surface area contributed by atoms with Crippen LogP contribution >= 0.6 is 34.7 Å². The first-order valence-corrected chi connectivity index (χ1v) is 13.3. The van der Waals surface area contributed by atoms with Crippen molar-refractivity contribution in [3.63, 3.8) is 0 Å². The fourth-order valence-electron chi connectivity index (χ4n) is 4.46. The molecule has 196 valence electrons. The molecule has 11 heteroatoms. The van der Waals surface area contributed by atoms with E-state index in [0.717, 1.165) is 43.6 Å². The number of nitrogens with zero attached hydrogens (tertiary/aromatic N) is 2. The van der Waals surface area contributed by atoms with Crippen molar-refractivity contribution in [3.05, 3.63) is 63.1 Å². The number of rotatable bonds is 8. The predicted octanol–water partition coefficient (Wildman–Crippen LogP) is 6.01. The molecule has 0 unspecified atom stereocenters. The molecule has 37 heavy (non-hydrogen) atoms. The van der Waals surface area contributed by atoms with Crippen LogP contribution in [0.15, 0.2) is 42.5 Å². The van der Waals surface area contributed by atoms with Gasteiger partial charge in [-0.05, 0) is 54.2 Å². The van der Waals surface area contributed by atoms with E-state index < -0.39 is 11.9 Å². The summed E-state index contributed by atoms with van der Waals surface area (Å²) in [6, 6.07) is 9.94. The van der Waals surface area contributed by atoms with Gasteiger partial charge in [-0.15, -0.1) is 0 Å².